The summed E-state index contributed by atoms with van der Waals surface area (Å²) in [6, 6.07) is 5.24. The average molecular weight is 354 g/mol. The Kier molecular flexibility index (Phi) is 4.84. The first kappa shape index (κ1) is 16.2. The number of para-hydroxylation sites is 1. The molecule has 3 rings (SSSR count). The lowest BCUT2D eigenvalue weighted by Crippen LogP contribution is -2.46. The van der Waals surface area contributed by atoms with Gasteiger partial charge in [0.1, 0.15) is 11.5 Å². The fraction of sp³-hybridized carbons (Fsp3) is 0.400. The second kappa shape index (κ2) is 6.86. The van der Waals surface area contributed by atoms with E-state index in [0.29, 0.717) is 41.1 Å². The van der Waals surface area contributed by atoms with Crippen LogP contribution in [0.5, 0.6) is 0 Å². The molecule has 1 aromatic heterocycles. The van der Waals surface area contributed by atoms with Crippen molar-refractivity contribution in [1.29, 1.82) is 0 Å². The molecular formula is C15H17Cl2N5O. The first-order valence-electron chi connectivity index (χ1n) is 7.52. The molecule has 1 aromatic carbocycles. The van der Waals surface area contributed by atoms with E-state index in [-0.39, 0.29) is 11.7 Å². The Morgan fingerprint density at radius 3 is 2.52 bits per heavy atom. The molecule has 0 bridgehead atoms. The Bertz CT molecular complexity index is 704. The van der Waals surface area contributed by atoms with Crippen LogP contribution in [0.1, 0.15) is 23.4 Å². The van der Waals surface area contributed by atoms with E-state index in [1.165, 1.54) is 0 Å². The predicted octanol–water partition coefficient (Wildman–Crippen LogP) is 2.18. The number of benzene rings is 1. The molecule has 0 atom stereocenters. The number of piperazine rings is 1. The van der Waals surface area contributed by atoms with Crippen molar-refractivity contribution in [3.8, 4) is 5.69 Å². The summed E-state index contributed by atoms with van der Waals surface area (Å²) in [5, 5.41) is 8.53. The largest absolute Gasteiger partial charge is 0.333 e. The van der Waals surface area contributed by atoms with Crippen molar-refractivity contribution in [2.24, 2.45) is 0 Å². The van der Waals surface area contributed by atoms with Gasteiger partial charge in [-0.25, -0.2) is 9.67 Å². The number of hydrogen-bond donors (Lipinski definition) is 1. The van der Waals surface area contributed by atoms with Crippen molar-refractivity contribution in [3.63, 3.8) is 0 Å². The van der Waals surface area contributed by atoms with Gasteiger partial charge in [0.05, 0.1) is 10.0 Å². The molecule has 23 heavy (non-hydrogen) atoms. The van der Waals surface area contributed by atoms with Crippen molar-refractivity contribution >= 4 is 29.1 Å². The van der Waals surface area contributed by atoms with Gasteiger partial charge in [0.15, 0.2) is 0 Å². The van der Waals surface area contributed by atoms with Crippen LogP contribution >= 0.6 is 23.2 Å². The van der Waals surface area contributed by atoms with E-state index in [9.17, 15) is 4.79 Å². The minimum absolute atomic E-state index is 0.164. The number of nitrogens with one attached hydrogen (secondary N) is 1. The molecule has 1 fully saturated rings. The number of carbonyl (C=O) groups excluding carboxylic acids is 1. The Hall–Kier alpha value is -1.63. The maximum Gasteiger partial charge on any atom is 0.293 e. The Balaban J connectivity index is 1.99. The topological polar surface area (TPSA) is 63.1 Å². The Labute approximate surface area is 144 Å². The van der Waals surface area contributed by atoms with Gasteiger partial charge in [0.2, 0.25) is 5.82 Å². The van der Waals surface area contributed by atoms with Crippen LogP contribution in [-0.4, -0.2) is 51.8 Å². The summed E-state index contributed by atoms with van der Waals surface area (Å²) in [6.45, 7) is 4.82. The molecule has 6 nitrogen and oxygen atoms in total. The number of halogens is 2. The average Bonchev–Trinajstić information content (AvgIpc) is 2.99. The van der Waals surface area contributed by atoms with Gasteiger partial charge in [0, 0.05) is 32.6 Å². The summed E-state index contributed by atoms with van der Waals surface area (Å²) in [5.41, 5.74) is 0.555. The minimum Gasteiger partial charge on any atom is -0.333 e. The molecular weight excluding hydrogens is 337 g/mol. The maximum atomic E-state index is 12.6. The van der Waals surface area contributed by atoms with Gasteiger partial charge in [-0.2, -0.15) is 0 Å². The first-order chi connectivity index (χ1) is 11.1. The van der Waals surface area contributed by atoms with E-state index >= 15 is 0 Å². The summed E-state index contributed by atoms with van der Waals surface area (Å²) in [5.74, 6) is 0.668. The number of aromatic nitrogens is 3. The van der Waals surface area contributed by atoms with Crippen molar-refractivity contribution in [1.82, 2.24) is 25.0 Å². The first-order valence-corrected chi connectivity index (χ1v) is 8.27. The summed E-state index contributed by atoms with van der Waals surface area (Å²) in [7, 11) is 0. The number of nitrogens with zero attached hydrogens (tertiary/aromatic N) is 4. The zero-order valence-electron chi connectivity index (χ0n) is 12.7. The molecule has 0 aliphatic carbocycles. The lowest BCUT2D eigenvalue weighted by molar-refractivity contribution is 0.0723. The monoisotopic (exact) mass is 353 g/mol. The third-order valence-electron chi connectivity index (χ3n) is 3.74. The molecule has 2 heterocycles. The number of hydrogen-bond acceptors (Lipinski definition) is 4. The van der Waals surface area contributed by atoms with Crippen molar-refractivity contribution < 1.29 is 4.79 Å². The van der Waals surface area contributed by atoms with E-state index in [2.05, 4.69) is 15.4 Å². The SMILES string of the molecule is CCc1nc(C(=O)N2CCNCC2)nn1-c1c(Cl)cccc1Cl. The lowest BCUT2D eigenvalue weighted by Gasteiger charge is -2.26. The van der Waals surface area contributed by atoms with Crippen molar-refractivity contribution in [3.05, 3.63) is 39.9 Å². The number of aryl methyl sites for hydroxylation is 1. The van der Waals surface area contributed by atoms with Gasteiger partial charge in [-0.3, -0.25) is 4.79 Å². The second-order valence-corrected chi connectivity index (χ2v) is 6.04. The van der Waals surface area contributed by atoms with Gasteiger partial charge in [-0.1, -0.05) is 36.2 Å². The zero-order valence-corrected chi connectivity index (χ0v) is 14.2. The number of amides is 1. The molecule has 0 saturated carbocycles. The summed E-state index contributed by atoms with van der Waals surface area (Å²) >= 11 is 12.5. The van der Waals surface area contributed by atoms with E-state index in [4.69, 9.17) is 23.2 Å². The zero-order chi connectivity index (χ0) is 16.4. The third-order valence-corrected chi connectivity index (χ3v) is 4.35. The van der Waals surface area contributed by atoms with Crippen LogP contribution in [-0.2, 0) is 6.42 Å². The van der Waals surface area contributed by atoms with E-state index in [1.807, 2.05) is 6.92 Å². The van der Waals surface area contributed by atoms with Crippen LogP contribution in [0.2, 0.25) is 10.0 Å². The quantitative estimate of drug-likeness (QED) is 0.918. The highest BCUT2D eigenvalue weighted by Crippen LogP contribution is 2.28. The van der Waals surface area contributed by atoms with E-state index in [0.717, 1.165) is 13.1 Å². The minimum atomic E-state index is -0.164. The van der Waals surface area contributed by atoms with Gasteiger partial charge < -0.3 is 10.2 Å². The molecule has 1 amide bonds. The number of rotatable bonds is 3. The predicted molar refractivity (Wildman–Crippen MR) is 89.5 cm³/mol. The lowest BCUT2D eigenvalue weighted by atomic mass is 10.3. The number of carbonyl (C=O) groups is 1. The molecule has 0 unspecified atom stereocenters. The smallest absolute Gasteiger partial charge is 0.293 e. The summed E-state index contributed by atoms with van der Waals surface area (Å²) in [6.07, 6.45) is 0.614. The highest BCUT2D eigenvalue weighted by Gasteiger charge is 2.24. The molecule has 1 saturated heterocycles. The Morgan fingerprint density at radius 1 is 1.26 bits per heavy atom. The fourth-order valence-electron chi connectivity index (χ4n) is 2.54. The Morgan fingerprint density at radius 2 is 1.91 bits per heavy atom. The van der Waals surface area contributed by atoms with Gasteiger partial charge in [-0.15, -0.1) is 5.10 Å². The molecule has 2 aromatic rings. The fourth-order valence-corrected chi connectivity index (χ4v) is 3.10. The molecule has 0 spiro atoms. The molecule has 1 N–H and O–H groups in total. The molecule has 0 radical (unpaired) electrons. The highest BCUT2D eigenvalue weighted by molar-refractivity contribution is 6.37. The molecule has 122 valence electrons. The molecule has 1 aliphatic heterocycles. The summed E-state index contributed by atoms with van der Waals surface area (Å²) in [4.78, 5) is 18.7. The normalized spacial score (nSPS) is 15.0. The maximum absolute atomic E-state index is 12.6. The summed E-state index contributed by atoms with van der Waals surface area (Å²) < 4.78 is 1.57. The molecule has 1 aliphatic rings. The third kappa shape index (κ3) is 3.20. The van der Waals surface area contributed by atoms with Crippen molar-refractivity contribution in [2.45, 2.75) is 13.3 Å². The van der Waals surface area contributed by atoms with Crippen LogP contribution in [0.25, 0.3) is 5.69 Å². The van der Waals surface area contributed by atoms with Crippen LogP contribution in [0, 0.1) is 0 Å². The van der Waals surface area contributed by atoms with Crippen LogP contribution in [0.4, 0.5) is 0 Å². The van der Waals surface area contributed by atoms with Crippen molar-refractivity contribution in [2.75, 3.05) is 26.2 Å². The van der Waals surface area contributed by atoms with Gasteiger partial charge >= 0.3 is 0 Å². The molecule has 8 heteroatoms. The second-order valence-electron chi connectivity index (χ2n) is 5.23. The van der Waals surface area contributed by atoms with Crippen LogP contribution in [0.15, 0.2) is 18.2 Å². The highest BCUT2D eigenvalue weighted by atomic mass is 35.5. The van der Waals surface area contributed by atoms with Crippen LogP contribution in [0.3, 0.4) is 0 Å². The van der Waals surface area contributed by atoms with Gasteiger partial charge in [0.25, 0.3) is 5.91 Å². The van der Waals surface area contributed by atoms with Gasteiger partial charge in [-0.05, 0) is 12.1 Å². The van der Waals surface area contributed by atoms with E-state index < -0.39 is 0 Å². The standard InChI is InChI=1S/C15H17Cl2N5O/c1-2-12-19-14(15(23)21-8-6-18-7-9-21)20-22(12)13-10(16)4-3-5-11(13)17/h3-5,18H,2,6-9H2,1H3. The van der Waals surface area contributed by atoms with Crippen LogP contribution < -0.4 is 5.32 Å². The van der Waals surface area contributed by atoms with E-state index in [1.54, 1.807) is 27.8 Å².